The third-order valence-electron chi connectivity index (χ3n) is 2.79. The van der Waals surface area contributed by atoms with Gasteiger partial charge in [0.05, 0.1) is 29.6 Å². The molecule has 0 radical (unpaired) electrons. The minimum atomic E-state index is -1.49. The van der Waals surface area contributed by atoms with Crippen molar-refractivity contribution in [2.45, 2.75) is 13.5 Å². The first kappa shape index (κ1) is 26.3. The van der Waals surface area contributed by atoms with Gasteiger partial charge in [0, 0.05) is 0 Å². The second-order valence-electron chi connectivity index (χ2n) is 4.28. The van der Waals surface area contributed by atoms with Crippen molar-refractivity contribution in [3.05, 3.63) is 19.5 Å². The van der Waals surface area contributed by atoms with Crippen LogP contribution in [0, 0.1) is 0 Å². The van der Waals surface area contributed by atoms with Crippen LogP contribution in [0.2, 0.25) is 0 Å². The number of carbonyl (C=O) groups is 3. The van der Waals surface area contributed by atoms with Crippen molar-refractivity contribution in [2.24, 2.45) is 0 Å². The number of nitrogens with zero attached hydrogens (tertiary/aromatic N) is 2. The van der Waals surface area contributed by atoms with Gasteiger partial charge in [0.2, 0.25) is 0 Å². The molecule has 0 aromatic carbocycles. The van der Waals surface area contributed by atoms with Crippen LogP contribution >= 0.6 is 35.3 Å². The van der Waals surface area contributed by atoms with Gasteiger partial charge in [0.1, 0.15) is 13.9 Å². The average molecular weight is 451 g/mol. The van der Waals surface area contributed by atoms with Crippen molar-refractivity contribution in [1.29, 1.82) is 0 Å². The molecular weight excluding hydrogens is 443 g/mol. The van der Waals surface area contributed by atoms with E-state index >= 15 is 0 Å². The molecule has 0 N–H and O–H groups in total. The number of thioether (sulfide) groups is 1. The van der Waals surface area contributed by atoms with Crippen LogP contribution in [0.1, 0.15) is 6.92 Å². The van der Waals surface area contributed by atoms with Gasteiger partial charge in [-0.3, -0.25) is 19.1 Å². The number of carboxylic acid groups (broad SMARTS) is 2. The number of thiazole rings is 1. The largest absolute Gasteiger partial charge is 1.00 e. The Hall–Kier alpha value is 1.29. The Kier molecular flexibility index (Phi) is 11.9. The fourth-order valence-corrected chi connectivity index (χ4v) is 4.28. The molecule has 1 aliphatic rings. The number of aromatic nitrogens is 1. The molecule has 2 rings (SSSR count). The fourth-order valence-electron chi connectivity index (χ4n) is 1.84. The fraction of sp³-hybridized carbons (Fsp3) is 0.250. The summed E-state index contributed by atoms with van der Waals surface area (Å²) in [6.07, 6.45) is 1.49. The minimum absolute atomic E-state index is 0. The van der Waals surface area contributed by atoms with E-state index in [4.69, 9.17) is 12.2 Å². The van der Waals surface area contributed by atoms with Gasteiger partial charge in [0.15, 0.2) is 0 Å². The summed E-state index contributed by atoms with van der Waals surface area (Å²) in [5, 5.41) is 21.5. The summed E-state index contributed by atoms with van der Waals surface area (Å²) in [6.45, 7) is 0.168. The average Bonchev–Trinajstić information content (AvgIpc) is 2.90. The maximum Gasteiger partial charge on any atom is 1.00 e. The van der Waals surface area contributed by atoms with Crippen molar-refractivity contribution in [3.63, 3.8) is 0 Å². The van der Waals surface area contributed by atoms with Gasteiger partial charge in [-0.2, -0.15) is 0 Å². The van der Waals surface area contributed by atoms with Gasteiger partial charge >= 0.3 is 103 Å². The maximum atomic E-state index is 12.3. The molecule has 0 atom stereocenters. The van der Waals surface area contributed by atoms with Crippen LogP contribution in [0.4, 0.5) is 0 Å². The van der Waals surface area contributed by atoms with Crippen LogP contribution in [0.5, 0.6) is 0 Å². The van der Waals surface area contributed by atoms with Gasteiger partial charge in [-0.1, -0.05) is 30.1 Å². The Morgan fingerprint density at radius 2 is 1.72 bits per heavy atom. The van der Waals surface area contributed by atoms with E-state index in [2.05, 4.69) is 0 Å². The summed E-state index contributed by atoms with van der Waals surface area (Å²) < 4.78 is 1.26. The monoisotopic (exact) mass is 450 g/mol. The zero-order chi connectivity index (χ0) is 17.3. The maximum absolute atomic E-state index is 12.3. The third-order valence-corrected chi connectivity index (χ3v) is 5.60. The zero-order valence-corrected chi connectivity index (χ0v) is 22.3. The molecule has 25 heavy (non-hydrogen) atoms. The van der Waals surface area contributed by atoms with E-state index in [1.807, 2.05) is 0 Å². The normalized spacial score (nSPS) is 16.5. The van der Waals surface area contributed by atoms with Crippen LogP contribution in [0.3, 0.4) is 0 Å². The molecule has 1 amide bonds. The van der Waals surface area contributed by atoms with Crippen molar-refractivity contribution >= 4 is 68.5 Å². The molecule has 13 heteroatoms. The van der Waals surface area contributed by atoms with Crippen molar-refractivity contribution in [3.8, 4) is 0 Å². The molecular formula is C12H8K2N2O6S3. The molecule has 1 saturated heterocycles. The number of thiocarbonyl (C=S) groups is 1. The molecule has 0 saturated carbocycles. The van der Waals surface area contributed by atoms with E-state index in [0.717, 1.165) is 32.6 Å². The van der Waals surface area contributed by atoms with E-state index < -0.39 is 36.5 Å². The van der Waals surface area contributed by atoms with Crippen molar-refractivity contribution < 1.29 is 127 Å². The number of hydrogen-bond acceptors (Lipinski definition) is 9. The second-order valence-corrected chi connectivity index (χ2v) is 6.96. The van der Waals surface area contributed by atoms with Crippen LogP contribution in [-0.4, -0.2) is 38.2 Å². The summed E-state index contributed by atoms with van der Waals surface area (Å²) in [4.78, 5) is 46.8. The van der Waals surface area contributed by atoms with Crippen molar-refractivity contribution in [2.75, 3.05) is 6.54 Å². The predicted molar refractivity (Wildman–Crippen MR) is 83.3 cm³/mol. The summed E-state index contributed by atoms with van der Waals surface area (Å²) in [5.41, 5.74) is -0.568. The number of amides is 1. The van der Waals surface area contributed by atoms with Gasteiger partial charge < -0.3 is 19.8 Å². The number of carbonyl (C=O) groups excluding carboxylic acids is 3. The molecule has 0 unspecified atom stereocenters. The Labute approximate surface area is 240 Å². The topological polar surface area (TPSA) is 123 Å². The summed E-state index contributed by atoms with van der Waals surface area (Å²) in [7, 11) is 0. The zero-order valence-electron chi connectivity index (χ0n) is 13.6. The van der Waals surface area contributed by atoms with Crippen molar-refractivity contribution in [1.82, 2.24) is 9.47 Å². The van der Waals surface area contributed by atoms with E-state index in [-0.39, 0.29) is 121 Å². The van der Waals surface area contributed by atoms with E-state index in [1.54, 1.807) is 6.92 Å². The van der Waals surface area contributed by atoms with Gasteiger partial charge in [-0.05, 0) is 6.92 Å². The molecule has 0 spiro atoms. The van der Waals surface area contributed by atoms with Crippen LogP contribution in [-0.2, 0) is 20.9 Å². The molecule has 1 aliphatic heterocycles. The summed E-state index contributed by atoms with van der Waals surface area (Å²) in [6, 6.07) is 0. The molecule has 122 valence electrons. The number of hydrogen-bond donors (Lipinski definition) is 0. The van der Waals surface area contributed by atoms with Crippen LogP contribution in [0.15, 0.2) is 4.79 Å². The van der Waals surface area contributed by atoms with Gasteiger partial charge in [0.25, 0.3) is 11.5 Å². The number of carboxylic acids is 2. The molecule has 1 aromatic heterocycles. The number of aliphatic carboxylic acids is 2. The first-order valence-corrected chi connectivity index (χ1v) is 8.14. The number of rotatable bonds is 4. The molecule has 0 bridgehead atoms. The Bertz CT molecular complexity index is 907. The Balaban J connectivity index is 0.00000288. The predicted octanol–water partition coefficient (Wildman–Crippen LogP) is -9.81. The third kappa shape index (κ3) is 6.14. The SMILES string of the molecule is C/C=c1/s/c(=C2\SC(=S)N(CC(=O)[O-])C2=O)n(CC(=O)[O-])c1=O.[K+].[K+]. The Morgan fingerprint density at radius 3 is 2.20 bits per heavy atom. The Morgan fingerprint density at radius 1 is 1.16 bits per heavy atom. The van der Waals surface area contributed by atoms with E-state index in [1.165, 1.54) is 6.08 Å². The smallest absolute Gasteiger partial charge is 0.548 e. The minimum Gasteiger partial charge on any atom is -0.548 e. The molecule has 8 nitrogen and oxygen atoms in total. The first-order valence-electron chi connectivity index (χ1n) is 6.10. The molecule has 0 aliphatic carbocycles. The van der Waals surface area contributed by atoms with Gasteiger partial charge in [-0.15, -0.1) is 11.3 Å². The molecule has 2 heterocycles. The molecule has 1 aromatic rings. The van der Waals surface area contributed by atoms with E-state index in [9.17, 15) is 29.4 Å². The summed E-state index contributed by atoms with van der Waals surface area (Å²) >= 11 is 6.68. The summed E-state index contributed by atoms with van der Waals surface area (Å²) in [5.74, 6) is -3.68. The second kappa shape index (κ2) is 11.3. The quantitative estimate of drug-likeness (QED) is 0.327. The molecule has 1 fully saturated rings. The van der Waals surface area contributed by atoms with Gasteiger partial charge in [-0.25, -0.2) is 0 Å². The van der Waals surface area contributed by atoms with E-state index in [0.29, 0.717) is 0 Å². The van der Waals surface area contributed by atoms with Crippen LogP contribution < -0.4 is 128 Å². The first-order chi connectivity index (χ1) is 10.8. The van der Waals surface area contributed by atoms with Crippen LogP contribution in [0.25, 0.3) is 11.0 Å². The standard InChI is InChI=1S/C12H10N2O6S3.2K/c1-2-5-9(19)13(3-6(15)16)11(22-5)8-10(20)14(4-7(17)18)12(21)23-8;;/h2H,3-4H2,1H3,(H,15,16)(H,17,18);;/q;2*+1/p-2/b5-2+,11-8-;;.